The minimum absolute atomic E-state index is 0.123. The second-order valence-corrected chi connectivity index (χ2v) is 11.1. The summed E-state index contributed by atoms with van der Waals surface area (Å²) >= 11 is 0. The van der Waals surface area contributed by atoms with E-state index in [1.165, 1.54) is 27.2 Å². The van der Waals surface area contributed by atoms with Crippen molar-refractivity contribution in [3.05, 3.63) is 45.6 Å². The van der Waals surface area contributed by atoms with Crippen molar-refractivity contribution < 1.29 is 33.3 Å². The van der Waals surface area contributed by atoms with Crippen LogP contribution in [0, 0.1) is 5.92 Å². The number of amides is 2. The molecule has 3 N–H and O–H groups in total. The molecule has 0 heterocycles. The van der Waals surface area contributed by atoms with Gasteiger partial charge in [-0.2, -0.15) is 0 Å². The van der Waals surface area contributed by atoms with Gasteiger partial charge in [-0.15, -0.1) is 0 Å². The molecule has 11 nitrogen and oxygen atoms in total. The minimum atomic E-state index is -0.669. The van der Waals surface area contributed by atoms with Gasteiger partial charge in [0.1, 0.15) is 6.04 Å². The number of ether oxygens (including phenoxy) is 4. The number of hydrogen-bond donors (Lipinski definition) is 3. The van der Waals surface area contributed by atoms with Crippen molar-refractivity contribution in [3.63, 3.8) is 0 Å². The number of carbonyl (C=O) groups is 3. The van der Waals surface area contributed by atoms with Gasteiger partial charge in [-0.25, -0.2) is 0 Å². The first-order chi connectivity index (χ1) is 21.1. The van der Waals surface area contributed by atoms with Crippen molar-refractivity contribution in [3.8, 4) is 28.4 Å². The van der Waals surface area contributed by atoms with E-state index < -0.39 is 12.1 Å². The lowest BCUT2D eigenvalue weighted by Crippen LogP contribution is -2.44. The smallest absolute Gasteiger partial charge is 0.305 e. The topological polar surface area (TPSA) is 141 Å². The second-order valence-electron chi connectivity index (χ2n) is 11.1. The fraction of sp³-hybridized carbons (Fsp3) is 0.515. The molecule has 0 saturated heterocycles. The summed E-state index contributed by atoms with van der Waals surface area (Å²) < 4.78 is 21.7. The predicted octanol–water partition coefficient (Wildman–Crippen LogP) is 4.15. The molecular formula is C33H45N3O8. The van der Waals surface area contributed by atoms with E-state index >= 15 is 0 Å². The van der Waals surface area contributed by atoms with Gasteiger partial charge in [-0.3, -0.25) is 19.2 Å². The summed E-state index contributed by atoms with van der Waals surface area (Å²) in [4.78, 5) is 50.4. The molecule has 0 bridgehead atoms. The van der Waals surface area contributed by atoms with Gasteiger partial charge < -0.3 is 34.9 Å². The van der Waals surface area contributed by atoms with Gasteiger partial charge in [0.15, 0.2) is 11.5 Å². The number of rotatable bonds is 14. The van der Waals surface area contributed by atoms with E-state index in [4.69, 9.17) is 14.2 Å². The molecular weight excluding hydrogens is 566 g/mol. The number of benzene rings is 1. The van der Waals surface area contributed by atoms with Gasteiger partial charge in [-0.1, -0.05) is 26.3 Å². The Morgan fingerprint density at radius 2 is 1.68 bits per heavy atom. The zero-order chi connectivity index (χ0) is 32.4. The molecule has 2 aromatic carbocycles. The maximum absolute atomic E-state index is 13.7. The fourth-order valence-corrected chi connectivity index (χ4v) is 5.52. The van der Waals surface area contributed by atoms with Crippen LogP contribution in [0.3, 0.4) is 0 Å². The Morgan fingerprint density at radius 3 is 2.30 bits per heavy atom. The molecule has 3 rings (SSSR count). The Kier molecular flexibility index (Phi) is 12.4. The van der Waals surface area contributed by atoms with Crippen molar-refractivity contribution in [1.82, 2.24) is 10.6 Å². The van der Waals surface area contributed by atoms with E-state index in [1.54, 1.807) is 20.3 Å². The summed E-state index contributed by atoms with van der Waals surface area (Å²) in [5.41, 5.74) is 2.96. The van der Waals surface area contributed by atoms with Gasteiger partial charge in [0.25, 0.3) is 0 Å². The number of esters is 1. The summed E-state index contributed by atoms with van der Waals surface area (Å²) in [5.74, 6) is 0.598. The molecule has 2 aromatic rings. The largest absolute Gasteiger partial charge is 0.493 e. The van der Waals surface area contributed by atoms with Crippen LogP contribution < -0.4 is 35.6 Å². The van der Waals surface area contributed by atoms with Crippen LogP contribution in [0.1, 0.15) is 70.0 Å². The average molecular weight is 612 g/mol. The highest BCUT2D eigenvalue weighted by Gasteiger charge is 2.30. The first-order valence-corrected chi connectivity index (χ1v) is 14.9. The highest BCUT2D eigenvalue weighted by molar-refractivity contribution is 5.86. The average Bonchev–Trinajstić information content (AvgIpc) is 3.24. The fourth-order valence-electron chi connectivity index (χ4n) is 5.52. The molecule has 2 amide bonds. The lowest BCUT2D eigenvalue weighted by Gasteiger charge is -2.22. The zero-order valence-electron chi connectivity index (χ0n) is 26.8. The Hall–Kier alpha value is -4.28. The number of nitrogens with one attached hydrogen (secondary N) is 3. The SMILES string of the molecule is COC(=O)CCCCCNC(=O)[C@H](Nc1ccc2c(cc1=O)[C@H](NC(C)=O)CCc1cc(OC)c(OC)c(OC)c1-2)C(C)C. The van der Waals surface area contributed by atoms with Crippen molar-refractivity contribution in [2.75, 3.05) is 40.3 Å². The molecule has 1 aliphatic rings. The Bertz CT molecular complexity index is 1410. The van der Waals surface area contributed by atoms with Crippen molar-refractivity contribution in [1.29, 1.82) is 0 Å². The summed E-state index contributed by atoms with van der Waals surface area (Å²) in [6, 6.07) is 5.82. The number of unbranched alkanes of at least 4 members (excludes halogenated alkanes) is 2. The van der Waals surface area contributed by atoms with E-state index in [-0.39, 0.29) is 34.8 Å². The van der Waals surface area contributed by atoms with Gasteiger partial charge in [0.05, 0.1) is 40.2 Å². The Balaban J connectivity index is 1.99. The second kappa shape index (κ2) is 16.0. The van der Waals surface area contributed by atoms with Crippen LogP contribution in [-0.4, -0.2) is 58.8 Å². The highest BCUT2D eigenvalue weighted by Crippen LogP contribution is 2.50. The van der Waals surface area contributed by atoms with Crippen molar-refractivity contribution in [2.45, 2.75) is 71.4 Å². The van der Waals surface area contributed by atoms with Gasteiger partial charge in [0, 0.05) is 25.5 Å². The molecule has 0 fully saturated rings. The van der Waals surface area contributed by atoms with E-state index in [9.17, 15) is 19.2 Å². The summed E-state index contributed by atoms with van der Waals surface area (Å²) in [5, 5.41) is 9.13. The quantitative estimate of drug-likeness (QED) is 0.212. The molecule has 0 saturated carbocycles. The van der Waals surface area contributed by atoms with Crippen LogP contribution in [0.2, 0.25) is 0 Å². The van der Waals surface area contributed by atoms with Crippen LogP contribution in [0.15, 0.2) is 29.1 Å². The van der Waals surface area contributed by atoms with E-state index in [2.05, 4.69) is 20.7 Å². The molecule has 0 spiro atoms. The van der Waals surface area contributed by atoms with Crippen molar-refractivity contribution in [2.24, 2.45) is 5.92 Å². The number of hydrogen-bond acceptors (Lipinski definition) is 9. The lowest BCUT2D eigenvalue weighted by atomic mass is 9.95. The van der Waals surface area contributed by atoms with Crippen LogP contribution in [0.4, 0.5) is 5.69 Å². The summed E-state index contributed by atoms with van der Waals surface area (Å²) in [6.45, 7) is 5.71. The Morgan fingerprint density at radius 1 is 0.955 bits per heavy atom. The number of carbonyl (C=O) groups excluding carboxylic acids is 3. The van der Waals surface area contributed by atoms with E-state index in [0.29, 0.717) is 67.0 Å². The van der Waals surface area contributed by atoms with Crippen molar-refractivity contribution >= 4 is 23.5 Å². The minimum Gasteiger partial charge on any atom is -0.493 e. The normalized spacial score (nSPS) is 14.3. The molecule has 44 heavy (non-hydrogen) atoms. The lowest BCUT2D eigenvalue weighted by molar-refractivity contribution is -0.140. The molecule has 1 aliphatic carbocycles. The van der Waals surface area contributed by atoms with Crippen LogP contribution >= 0.6 is 0 Å². The molecule has 0 aliphatic heterocycles. The molecule has 0 unspecified atom stereocenters. The monoisotopic (exact) mass is 611 g/mol. The summed E-state index contributed by atoms with van der Waals surface area (Å²) in [6.07, 6.45) is 3.66. The van der Waals surface area contributed by atoms with Gasteiger partial charge in [-0.05, 0) is 66.5 Å². The van der Waals surface area contributed by atoms with E-state index in [0.717, 1.165) is 17.5 Å². The standard InChI is InChI=1S/C33H45N3O8/c1-19(2)30(33(40)34-16-10-8-9-11-28(39)42-5)36-25-15-13-22-23(18-26(25)38)24(35-20(3)37)14-12-21-17-27(41-4)31(43-6)32(44-7)29(21)22/h13,15,17-19,24,30H,8-12,14,16H2,1-7H3,(H,34,40)(H,35,37)(H,36,38)/t24-,30-/m1/s1. The maximum Gasteiger partial charge on any atom is 0.305 e. The van der Waals surface area contributed by atoms with E-state index in [1.807, 2.05) is 26.0 Å². The molecule has 240 valence electrons. The maximum atomic E-state index is 13.7. The molecule has 11 heteroatoms. The highest BCUT2D eigenvalue weighted by atomic mass is 16.5. The van der Waals surface area contributed by atoms with Crippen LogP contribution in [-0.2, 0) is 25.5 Å². The first-order valence-electron chi connectivity index (χ1n) is 14.9. The number of fused-ring (bicyclic) bond motifs is 3. The zero-order valence-corrected chi connectivity index (χ0v) is 26.8. The van der Waals surface area contributed by atoms with Crippen LogP contribution in [0.5, 0.6) is 17.2 Å². The number of aryl methyl sites for hydroxylation is 1. The summed E-state index contributed by atoms with van der Waals surface area (Å²) in [7, 11) is 6.01. The third-order valence-electron chi connectivity index (χ3n) is 7.76. The molecule has 0 radical (unpaired) electrons. The molecule has 2 atom stereocenters. The number of methoxy groups -OCH3 is 4. The van der Waals surface area contributed by atoms with Gasteiger partial charge >= 0.3 is 5.97 Å². The third kappa shape index (κ3) is 8.21. The van der Waals surface area contributed by atoms with Crippen LogP contribution in [0.25, 0.3) is 11.1 Å². The first kappa shape index (κ1) is 34.2. The Labute approximate surface area is 259 Å². The third-order valence-corrected chi connectivity index (χ3v) is 7.76. The number of anilines is 1. The molecule has 0 aromatic heterocycles. The van der Waals surface area contributed by atoms with Gasteiger partial charge in [0.2, 0.25) is 23.0 Å². The predicted molar refractivity (Wildman–Crippen MR) is 168 cm³/mol.